The quantitative estimate of drug-likeness (QED) is 0.654. The number of aryl methyl sites for hydroxylation is 1. The van der Waals surface area contributed by atoms with Crippen molar-refractivity contribution in [3.63, 3.8) is 0 Å². The van der Waals surface area contributed by atoms with Crippen LogP contribution in [0.25, 0.3) is 0 Å². The summed E-state index contributed by atoms with van der Waals surface area (Å²) in [6, 6.07) is 7.51. The van der Waals surface area contributed by atoms with Crippen LogP contribution >= 0.6 is 11.6 Å². The molecule has 0 spiro atoms. The number of rotatable bonds is 6. The van der Waals surface area contributed by atoms with Crippen molar-refractivity contribution in [1.82, 2.24) is 10.2 Å². The van der Waals surface area contributed by atoms with Gasteiger partial charge in [0.1, 0.15) is 5.75 Å². The molecule has 4 rings (SSSR count). The van der Waals surface area contributed by atoms with E-state index in [1.807, 2.05) is 30.0 Å². The third kappa shape index (κ3) is 5.47. The van der Waals surface area contributed by atoms with E-state index in [1.54, 1.807) is 6.07 Å². The van der Waals surface area contributed by atoms with Gasteiger partial charge in [0.15, 0.2) is 12.4 Å². The van der Waals surface area contributed by atoms with Crippen LogP contribution in [0.1, 0.15) is 72.5 Å². The molecule has 6 nitrogen and oxygen atoms in total. The number of hydrogen-bond donors (Lipinski definition) is 1. The van der Waals surface area contributed by atoms with Crippen LogP contribution in [-0.2, 0) is 4.79 Å². The van der Waals surface area contributed by atoms with Gasteiger partial charge in [-0.15, -0.1) is 0 Å². The number of halogens is 1. The fraction of sp³-hybridized carbons (Fsp3) is 0.520. The summed E-state index contributed by atoms with van der Waals surface area (Å²) in [6.07, 6.45) is 8.95. The summed E-state index contributed by atoms with van der Waals surface area (Å²) in [6.45, 7) is 3.06. The molecular weight excluding hydrogens is 428 g/mol. The number of ether oxygens (including phenoxy) is 1. The van der Waals surface area contributed by atoms with Crippen LogP contribution in [-0.4, -0.2) is 42.5 Å². The fourth-order valence-corrected chi connectivity index (χ4v) is 4.92. The van der Waals surface area contributed by atoms with Crippen molar-refractivity contribution in [2.75, 3.05) is 19.7 Å². The van der Waals surface area contributed by atoms with Crippen molar-refractivity contribution >= 4 is 23.4 Å². The summed E-state index contributed by atoms with van der Waals surface area (Å²) >= 11 is 6.24. The Labute approximate surface area is 194 Å². The van der Waals surface area contributed by atoms with Gasteiger partial charge >= 0.3 is 0 Å². The van der Waals surface area contributed by atoms with Gasteiger partial charge in [-0.2, -0.15) is 0 Å². The van der Waals surface area contributed by atoms with E-state index in [2.05, 4.69) is 5.32 Å². The average molecular weight is 459 g/mol. The lowest BCUT2D eigenvalue weighted by Gasteiger charge is -2.32. The molecule has 1 aliphatic carbocycles. The summed E-state index contributed by atoms with van der Waals surface area (Å²) in [5, 5.41) is 3.72. The fourth-order valence-electron chi connectivity index (χ4n) is 4.74. The molecule has 172 valence electrons. The van der Waals surface area contributed by atoms with E-state index in [1.165, 1.54) is 25.5 Å². The van der Waals surface area contributed by atoms with E-state index in [0.717, 1.165) is 29.7 Å². The molecule has 1 saturated heterocycles. The molecule has 32 heavy (non-hydrogen) atoms. The normalized spacial score (nSPS) is 17.9. The molecule has 2 amide bonds. The van der Waals surface area contributed by atoms with Crippen LogP contribution in [0.3, 0.4) is 0 Å². The first-order chi connectivity index (χ1) is 15.5. The predicted molar refractivity (Wildman–Crippen MR) is 123 cm³/mol. The first-order valence-corrected chi connectivity index (χ1v) is 11.9. The first kappa shape index (κ1) is 22.7. The van der Waals surface area contributed by atoms with Gasteiger partial charge in [0, 0.05) is 29.7 Å². The minimum Gasteiger partial charge on any atom is -0.483 e. The monoisotopic (exact) mass is 458 g/mol. The van der Waals surface area contributed by atoms with Crippen molar-refractivity contribution < 1.29 is 18.7 Å². The number of hydrogen-bond acceptors (Lipinski definition) is 4. The third-order valence-electron chi connectivity index (χ3n) is 6.62. The van der Waals surface area contributed by atoms with Crippen LogP contribution in [0.15, 0.2) is 34.9 Å². The van der Waals surface area contributed by atoms with Crippen LogP contribution in [0.5, 0.6) is 5.75 Å². The van der Waals surface area contributed by atoms with Crippen LogP contribution in [0.2, 0.25) is 5.02 Å². The van der Waals surface area contributed by atoms with Crippen LogP contribution in [0.4, 0.5) is 0 Å². The van der Waals surface area contributed by atoms with Gasteiger partial charge in [0.05, 0.1) is 6.26 Å². The second-order valence-corrected chi connectivity index (χ2v) is 9.30. The molecule has 1 N–H and O–H groups in total. The van der Waals surface area contributed by atoms with Gasteiger partial charge in [-0.25, -0.2) is 0 Å². The number of nitrogens with one attached hydrogen (secondary N) is 1. The lowest BCUT2D eigenvalue weighted by atomic mass is 9.84. The third-order valence-corrected chi connectivity index (χ3v) is 6.85. The summed E-state index contributed by atoms with van der Waals surface area (Å²) in [5.41, 5.74) is 1.95. The van der Waals surface area contributed by atoms with Gasteiger partial charge in [-0.05, 0) is 68.4 Å². The van der Waals surface area contributed by atoms with Crippen molar-refractivity contribution in [3.8, 4) is 5.75 Å². The highest BCUT2D eigenvalue weighted by Crippen LogP contribution is 2.38. The van der Waals surface area contributed by atoms with Crippen LogP contribution < -0.4 is 10.1 Å². The molecule has 1 aromatic heterocycles. The lowest BCUT2D eigenvalue weighted by molar-refractivity contribution is -0.134. The minimum atomic E-state index is -0.196. The first-order valence-electron chi connectivity index (χ1n) is 11.6. The van der Waals surface area contributed by atoms with E-state index in [0.29, 0.717) is 42.6 Å². The Balaban J connectivity index is 1.28. The molecule has 2 fully saturated rings. The molecule has 2 aromatic rings. The summed E-state index contributed by atoms with van der Waals surface area (Å²) in [5.74, 6) is 1.35. The Kier molecular flexibility index (Phi) is 7.40. The summed E-state index contributed by atoms with van der Waals surface area (Å²) < 4.78 is 11.2. The van der Waals surface area contributed by atoms with Gasteiger partial charge in [0.2, 0.25) is 0 Å². The second kappa shape index (κ2) is 10.4. The number of carbonyl (C=O) groups is 2. The maximum absolute atomic E-state index is 12.8. The highest BCUT2D eigenvalue weighted by atomic mass is 35.5. The van der Waals surface area contributed by atoms with E-state index in [9.17, 15) is 9.59 Å². The van der Waals surface area contributed by atoms with Crippen molar-refractivity contribution in [3.05, 3.63) is 52.4 Å². The molecule has 0 atom stereocenters. The highest BCUT2D eigenvalue weighted by Gasteiger charge is 2.26. The smallest absolute Gasteiger partial charge is 0.287 e. The lowest BCUT2D eigenvalue weighted by Crippen LogP contribution is -2.47. The van der Waals surface area contributed by atoms with Gasteiger partial charge < -0.3 is 19.4 Å². The number of likely N-dealkylation sites (tertiary alicyclic amines) is 1. The molecule has 0 unspecified atom stereocenters. The summed E-state index contributed by atoms with van der Waals surface area (Å²) in [7, 11) is 0. The Hall–Kier alpha value is -2.47. The van der Waals surface area contributed by atoms with Gasteiger partial charge in [0.25, 0.3) is 11.8 Å². The zero-order valence-electron chi connectivity index (χ0n) is 18.6. The van der Waals surface area contributed by atoms with Gasteiger partial charge in [-0.1, -0.05) is 30.9 Å². The van der Waals surface area contributed by atoms with Crippen molar-refractivity contribution in [2.24, 2.45) is 0 Å². The number of benzene rings is 1. The number of furan rings is 1. The SMILES string of the molecule is Cc1ccoc1C(=O)NC1CCN(C(=O)COc2ccc(Cl)cc2C2CCCCC2)CC1. The number of piperidine rings is 1. The molecule has 2 heterocycles. The second-order valence-electron chi connectivity index (χ2n) is 8.87. The van der Waals surface area contributed by atoms with E-state index < -0.39 is 0 Å². The molecular formula is C25H31ClN2O4. The Bertz CT molecular complexity index is 943. The van der Waals surface area contributed by atoms with E-state index >= 15 is 0 Å². The number of nitrogens with zero attached hydrogens (tertiary/aromatic N) is 1. The van der Waals surface area contributed by atoms with E-state index in [4.69, 9.17) is 20.8 Å². The standard InChI is InChI=1S/C25H31ClN2O4/c1-17-11-14-31-24(17)25(30)27-20-9-12-28(13-10-20)23(29)16-32-22-8-7-19(26)15-21(22)18-5-3-2-4-6-18/h7-8,11,14-15,18,20H,2-6,9-10,12-13,16H2,1H3,(H,27,30). The van der Waals surface area contributed by atoms with Crippen molar-refractivity contribution in [1.29, 1.82) is 0 Å². The molecule has 7 heteroatoms. The molecule has 0 bridgehead atoms. The minimum absolute atomic E-state index is 0.0178. The highest BCUT2D eigenvalue weighted by molar-refractivity contribution is 6.30. The van der Waals surface area contributed by atoms with Crippen molar-refractivity contribution in [2.45, 2.75) is 63.8 Å². The maximum Gasteiger partial charge on any atom is 0.287 e. The average Bonchev–Trinajstić information content (AvgIpc) is 3.25. The largest absolute Gasteiger partial charge is 0.483 e. The van der Waals surface area contributed by atoms with Gasteiger partial charge in [-0.3, -0.25) is 9.59 Å². The van der Waals surface area contributed by atoms with Crippen LogP contribution in [0, 0.1) is 6.92 Å². The Morgan fingerprint density at radius 3 is 2.56 bits per heavy atom. The Morgan fingerprint density at radius 1 is 1.12 bits per heavy atom. The van der Waals surface area contributed by atoms with E-state index in [-0.39, 0.29) is 24.5 Å². The number of carbonyl (C=O) groups excluding carboxylic acids is 2. The summed E-state index contributed by atoms with van der Waals surface area (Å²) in [4.78, 5) is 26.9. The molecule has 1 saturated carbocycles. The maximum atomic E-state index is 12.8. The zero-order valence-corrected chi connectivity index (χ0v) is 19.3. The molecule has 1 aliphatic heterocycles. The Morgan fingerprint density at radius 2 is 1.88 bits per heavy atom. The zero-order chi connectivity index (χ0) is 22.5. The predicted octanol–water partition coefficient (Wildman–Crippen LogP) is 5.09. The molecule has 0 radical (unpaired) electrons. The molecule has 1 aromatic carbocycles. The molecule has 2 aliphatic rings. The number of amides is 2. The topological polar surface area (TPSA) is 71.8 Å².